The van der Waals surface area contributed by atoms with Gasteiger partial charge in [0.25, 0.3) is 0 Å². The Morgan fingerprint density at radius 3 is 1.88 bits per heavy atom. The van der Waals surface area contributed by atoms with Crippen LogP contribution in [0.3, 0.4) is 0 Å². The van der Waals surface area contributed by atoms with E-state index in [-0.39, 0.29) is 24.3 Å². The highest BCUT2D eigenvalue weighted by atomic mass is 16.5. The van der Waals surface area contributed by atoms with Gasteiger partial charge in [0, 0.05) is 12.0 Å². The van der Waals surface area contributed by atoms with Crippen molar-refractivity contribution in [2.24, 2.45) is 0 Å². The third kappa shape index (κ3) is 16.2. The van der Waals surface area contributed by atoms with E-state index in [0.717, 1.165) is 89.9 Å². The van der Waals surface area contributed by atoms with Crippen molar-refractivity contribution in [3.63, 3.8) is 0 Å². The first-order valence-corrected chi connectivity index (χ1v) is 17.6. The summed E-state index contributed by atoms with van der Waals surface area (Å²) in [6.45, 7) is 3.98. The van der Waals surface area contributed by atoms with Crippen molar-refractivity contribution in [3.8, 4) is 0 Å². The molecule has 1 fully saturated rings. The molecular formula is C35H64O7. The lowest BCUT2D eigenvalue weighted by Crippen LogP contribution is -2.26. The van der Waals surface area contributed by atoms with Crippen molar-refractivity contribution in [2.45, 2.75) is 204 Å². The van der Waals surface area contributed by atoms with Crippen LogP contribution in [0.4, 0.5) is 0 Å². The number of aliphatic hydroxyl groups is 4. The van der Waals surface area contributed by atoms with E-state index in [1.807, 2.05) is 13.0 Å². The maximum Gasteiger partial charge on any atom is 0.334 e. The van der Waals surface area contributed by atoms with Crippen molar-refractivity contribution in [1.82, 2.24) is 0 Å². The fourth-order valence-electron chi connectivity index (χ4n) is 6.41. The molecule has 0 amide bonds. The number of hydrogen-bond acceptors (Lipinski definition) is 7. The van der Waals surface area contributed by atoms with Gasteiger partial charge in [0.05, 0.1) is 36.6 Å². The molecule has 246 valence electrons. The lowest BCUT2D eigenvalue weighted by Gasteiger charge is -2.20. The fraction of sp³-hybridized carbons (Fsp3) is 0.914. The van der Waals surface area contributed by atoms with Gasteiger partial charge < -0.3 is 29.9 Å². The lowest BCUT2D eigenvalue weighted by molar-refractivity contribution is -0.139. The minimum absolute atomic E-state index is 0.0131. The van der Waals surface area contributed by atoms with Crippen molar-refractivity contribution in [2.75, 3.05) is 0 Å². The average molecular weight is 597 g/mol. The van der Waals surface area contributed by atoms with E-state index in [1.165, 1.54) is 38.5 Å². The predicted octanol–water partition coefficient (Wildman–Crippen LogP) is 7.06. The fourth-order valence-corrected chi connectivity index (χ4v) is 6.41. The van der Waals surface area contributed by atoms with Crippen LogP contribution in [0.5, 0.6) is 0 Å². The largest absolute Gasteiger partial charge is 0.455 e. The van der Waals surface area contributed by atoms with Gasteiger partial charge in [0.1, 0.15) is 6.10 Å². The zero-order chi connectivity index (χ0) is 30.6. The SMILES string of the molecule is CCCCC[C@H](O)[C@@H](O)CCCCCC[C@H](O)[C@@H]1CC[C@@H](CCCCCCCCCC[C@@H](O)CC2=C[C@H](C)OC2=O)O1. The molecular weight excluding hydrogens is 532 g/mol. The molecule has 7 heteroatoms. The van der Waals surface area contributed by atoms with E-state index >= 15 is 0 Å². The number of unbranched alkanes of at least 4 members (excludes halogenated alkanes) is 12. The van der Waals surface area contributed by atoms with Crippen molar-refractivity contribution < 1.29 is 34.7 Å². The van der Waals surface area contributed by atoms with Gasteiger partial charge in [-0.3, -0.25) is 0 Å². The van der Waals surface area contributed by atoms with Gasteiger partial charge in [-0.05, 0) is 57.9 Å². The van der Waals surface area contributed by atoms with Gasteiger partial charge in [0.2, 0.25) is 0 Å². The van der Waals surface area contributed by atoms with Crippen LogP contribution in [-0.4, -0.2) is 69.1 Å². The molecule has 0 unspecified atom stereocenters. The second-order valence-electron chi connectivity index (χ2n) is 13.1. The lowest BCUT2D eigenvalue weighted by atomic mass is 9.99. The Labute approximate surface area is 256 Å². The first-order chi connectivity index (χ1) is 20.3. The van der Waals surface area contributed by atoms with Gasteiger partial charge in [-0.15, -0.1) is 0 Å². The number of esters is 1. The third-order valence-corrected chi connectivity index (χ3v) is 9.13. The Kier molecular flexibility index (Phi) is 19.9. The molecule has 2 aliphatic heterocycles. The molecule has 0 spiro atoms. The van der Waals surface area contributed by atoms with Gasteiger partial charge in [0.15, 0.2) is 0 Å². The van der Waals surface area contributed by atoms with Gasteiger partial charge in [-0.25, -0.2) is 4.79 Å². The van der Waals surface area contributed by atoms with E-state index in [4.69, 9.17) is 9.47 Å². The highest BCUT2D eigenvalue weighted by Crippen LogP contribution is 2.28. The molecule has 1 saturated heterocycles. The summed E-state index contributed by atoms with van der Waals surface area (Å²) >= 11 is 0. The number of hydrogen-bond donors (Lipinski definition) is 4. The zero-order valence-corrected chi connectivity index (χ0v) is 26.9. The number of aliphatic hydroxyl groups excluding tert-OH is 4. The average Bonchev–Trinajstić information content (AvgIpc) is 3.56. The van der Waals surface area contributed by atoms with Crippen LogP contribution in [0.1, 0.15) is 162 Å². The second-order valence-corrected chi connectivity index (χ2v) is 13.1. The van der Waals surface area contributed by atoms with E-state index in [0.29, 0.717) is 30.9 Å². The normalized spacial score (nSPS) is 23.5. The maximum atomic E-state index is 11.6. The summed E-state index contributed by atoms with van der Waals surface area (Å²) in [6.07, 6.45) is 23.0. The number of carbonyl (C=O) groups is 1. The first kappa shape index (κ1) is 37.2. The Hall–Kier alpha value is -0.990. The monoisotopic (exact) mass is 596 g/mol. The van der Waals surface area contributed by atoms with Crippen LogP contribution in [0.2, 0.25) is 0 Å². The Morgan fingerprint density at radius 2 is 1.29 bits per heavy atom. The maximum absolute atomic E-state index is 11.6. The molecule has 0 aromatic heterocycles. The van der Waals surface area contributed by atoms with Crippen molar-refractivity contribution in [1.29, 1.82) is 0 Å². The summed E-state index contributed by atoms with van der Waals surface area (Å²) in [5.41, 5.74) is 0.621. The second kappa shape index (κ2) is 22.5. The van der Waals surface area contributed by atoms with E-state index < -0.39 is 18.3 Å². The summed E-state index contributed by atoms with van der Waals surface area (Å²) in [5.74, 6) is -0.277. The molecule has 0 aromatic rings. The summed E-state index contributed by atoms with van der Waals surface area (Å²) in [5, 5.41) is 40.9. The molecule has 2 rings (SSSR count). The number of rotatable bonds is 26. The molecule has 42 heavy (non-hydrogen) atoms. The molecule has 0 aromatic carbocycles. The van der Waals surface area contributed by atoms with Crippen LogP contribution in [-0.2, 0) is 14.3 Å². The number of cyclic esters (lactones) is 1. The molecule has 7 atom stereocenters. The standard InChI is InChI=1S/C35H64O7/c1-3-4-13-20-31(37)32(38)21-16-11-12-17-22-33(39)34-24-23-30(42-34)19-15-10-8-6-5-7-9-14-18-29(36)26-28-25-27(2)41-35(28)40/h25,27,29-34,36-39H,3-24,26H2,1-2H3/t27-,29+,30+,31-,32-,33-,34-/m0/s1. The Bertz CT molecular complexity index is 726. The minimum atomic E-state index is -0.604. The Balaban J connectivity index is 1.36. The van der Waals surface area contributed by atoms with E-state index in [9.17, 15) is 25.2 Å². The molecule has 7 nitrogen and oxygen atoms in total. The first-order valence-electron chi connectivity index (χ1n) is 17.6. The van der Waals surface area contributed by atoms with Crippen LogP contribution in [0, 0.1) is 0 Å². The highest BCUT2D eigenvalue weighted by Gasteiger charge is 2.30. The van der Waals surface area contributed by atoms with E-state index in [1.54, 1.807) is 0 Å². The number of ether oxygens (including phenoxy) is 2. The molecule has 0 bridgehead atoms. The number of carbonyl (C=O) groups excluding carboxylic acids is 1. The molecule has 4 N–H and O–H groups in total. The van der Waals surface area contributed by atoms with Gasteiger partial charge >= 0.3 is 5.97 Å². The van der Waals surface area contributed by atoms with Crippen molar-refractivity contribution >= 4 is 5.97 Å². The summed E-state index contributed by atoms with van der Waals surface area (Å²) in [4.78, 5) is 11.6. The minimum Gasteiger partial charge on any atom is -0.455 e. The molecule has 0 aliphatic carbocycles. The van der Waals surface area contributed by atoms with Gasteiger partial charge in [-0.1, -0.05) is 103 Å². The van der Waals surface area contributed by atoms with Crippen LogP contribution < -0.4 is 0 Å². The van der Waals surface area contributed by atoms with Crippen molar-refractivity contribution in [3.05, 3.63) is 11.6 Å². The topological polar surface area (TPSA) is 116 Å². The van der Waals surface area contributed by atoms with E-state index in [2.05, 4.69) is 6.92 Å². The summed E-state index contributed by atoms with van der Waals surface area (Å²) in [7, 11) is 0. The zero-order valence-electron chi connectivity index (χ0n) is 26.9. The van der Waals surface area contributed by atoms with Gasteiger partial charge in [-0.2, -0.15) is 0 Å². The molecule has 0 saturated carbocycles. The predicted molar refractivity (Wildman–Crippen MR) is 168 cm³/mol. The van der Waals surface area contributed by atoms with Crippen LogP contribution >= 0.6 is 0 Å². The Morgan fingerprint density at radius 1 is 0.738 bits per heavy atom. The third-order valence-electron chi connectivity index (χ3n) is 9.13. The quantitative estimate of drug-likeness (QED) is 0.0624. The molecule has 2 aliphatic rings. The summed E-state index contributed by atoms with van der Waals surface area (Å²) in [6, 6.07) is 0. The smallest absolute Gasteiger partial charge is 0.334 e. The molecule has 0 radical (unpaired) electrons. The van der Waals surface area contributed by atoms with Crippen LogP contribution in [0.25, 0.3) is 0 Å². The highest BCUT2D eigenvalue weighted by molar-refractivity contribution is 5.90. The molecule has 2 heterocycles. The van der Waals surface area contributed by atoms with Crippen LogP contribution in [0.15, 0.2) is 11.6 Å². The summed E-state index contributed by atoms with van der Waals surface area (Å²) < 4.78 is 11.3.